The lowest BCUT2D eigenvalue weighted by molar-refractivity contribution is -0.384. The lowest BCUT2D eigenvalue weighted by atomic mass is 10.1. The number of morpholine rings is 1. The van der Waals surface area contributed by atoms with E-state index in [9.17, 15) is 14.9 Å². The van der Waals surface area contributed by atoms with Gasteiger partial charge in [-0.15, -0.1) is 0 Å². The van der Waals surface area contributed by atoms with E-state index in [-0.39, 0.29) is 11.6 Å². The number of anilines is 2. The van der Waals surface area contributed by atoms with Crippen LogP contribution in [0.4, 0.5) is 17.1 Å². The molecule has 0 bridgehead atoms. The molecule has 0 radical (unpaired) electrons. The van der Waals surface area contributed by atoms with E-state index in [2.05, 4.69) is 5.32 Å². The van der Waals surface area contributed by atoms with Gasteiger partial charge in [0.1, 0.15) is 0 Å². The van der Waals surface area contributed by atoms with E-state index in [1.54, 1.807) is 12.1 Å². The van der Waals surface area contributed by atoms with Gasteiger partial charge in [-0.3, -0.25) is 14.9 Å². The molecule has 7 heteroatoms. The van der Waals surface area contributed by atoms with Crippen LogP contribution in [0.1, 0.15) is 15.9 Å². The Balaban J connectivity index is 1.96. The summed E-state index contributed by atoms with van der Waals surface area (Å²) in [6.45, 7) is 4.31. The molecule has 2 aromatic rings. The summed E-state index contributed by atoms with van der Waals surface area (Å²) in [4.78, 5) is 25.5. The quantitative estimate of drug-likeness (QED) is 0.682. The number of nitrogens with zero attached hydrogens (tertiary/aromatic N) is 2. The third kappa shape index (κ3) is 3.77. The van der Waals surface area contributed by atoms with Crippen LogP contribution in [-0.2, 0) is 4.74 Å². The number of nitro benzene ring substituents is 1. The lowest BCUT2D eigenvalue weighted by Gasteiger charge is -2.30. The van der Waals surface area contributed by atoms with Gasteiger partial charge in [-0.25, -0.2) is 0 Å². The van der Waals surface area contributed by atoms with E-state index >= 15 is 0 Å². The third-order valence-electron chi connectivity index (χ3n) is 4.18. The molecule has 0 aliphatic carbocycles. The zero-order chi connectivity index (χ0) is 17.8. The number of carbonyl (C=O) groups excluding carboxylic acids is 1. The van der Waals surface area contributed by atoms with Crippen LogP contribution in [0.15, 0.2) is 42.5 Å². The number of nitrogens with one attached hydrogen (secondary N) is 1. The predicted octanol–water partition coefficient (Wildman–Crippen LogP) is 2.99. The highest BCUT2D eigenvalue weighted by molar-refractivity contribution is 6.09. The summed E-state index contributed by atoms with van der Waals surface area (Å²) in [7, 11) is 0. The Labute approximate surface area is 145 Å². The van der Waals surface area contributed by atoms with Crippen molar-refractivity contribution in [2.45, 2.75) is 6.92 Å². The summed E-state index contributed by atoms with van der Waals surface area (Å²) < 4.78 is 5.34. The highest BCUT2D eigenvalue weighted by Crippen LogP contribution is 2.27. The summed E-state index contributed by atoms with van der Waals surface area (Å²) in [6, 6.07) is 11.8. The van der Waals surface area contributed by atoms with Crippen LogP contribution < -0.4 is 10.2 Å². The number of hydrogen-bond donors (Lipinski definition) is 1. The Hall–Kier alpha value is -2.93. The monoisotopic (exact) mass is 341 g/mol. The molecule has 25 heavy (non-hydrogen) atoms. The van der Waals surface area contributed by atoms with E-state index in [1.807, 2.05) is 30.0 Å². The maximum absolute atomic E-state index is 12.8. The Morgan fingerprint density at radius 3 is 2.60 bits per heavy atom. The number of carbonyl (C=O) groups is 1. The second-order valence-electron chi connectivity index (χ2n) is 5.83. The first-order valence-corrected chi connectivity index (χ1v) is 8.04. The maximum atomic E-state index is 12.8. The van der Waals surface area contributed by atoms with Crippen molar-refractivity contribution in [2.24, 2.45) is 0 Å². The second kappa shape index (κ2) is 7.31. The molecule has 3 rings (SSSR count). The topological polar surface area (TPSA) is 84.7 Å². The van der Waals surface area contributed by atoms with E-state index in [1.165, 1.54) is 12.1 Å². The van der Waals surface area contributed by atoms with Crippen molar-refractivity contribution < 1.29 is 14.5 Å². The Kier molecular flexibility index (Phi) is 4.95. The van der Waals surface area contributed by atoms with Crippen LogP contribution in [-0.4, -0.2) is 37.1 Å². The van der Waals surface area contributed by atoms with Gasteiger partial charge in [0.2, 0.25) is 0 Å². The zero-order valence-corrected chi connectivity index (χ0v) is 13.9. The summed E-state index contributed by atoms with van der Waals surface area (Å²) in [6.07, 6.45) is 0. The average molecular weight is 341 g/mol. The van der Waals surface area contributed by atoms with Crippen molar-refractivity contribution in [3.63, 3.8) is 0 Å². The first-order valence-electron chi connectivity index (χ1n) is 8.04. The largest absolute Gasteiger partial charge is 0.378 e. The first-order chi connectivity index (χ1) is 12.1. The van der Waals surface area contributed by atoms with E-state index < -0.39 is 4.92 Å². The Morgan fingerprint density at radius 2 is 1.92 bits per heavy atom. The van der Waals surface area contributed by atoms with Gasteiger partial charge in [0.25, 0.3) is 11.6 Å². The van der Waals surface area contributed by atoms with Gasteiger partial charge in [-0.2, -0.15) is 0 Å². The van der Waals surface area contributed by atoms with E-state index in [0.717, 1.165) is 5.56 Å². The minimum Gasteiger partial charge on any atom is -0.378 e. The minimum absolute atomic E-state index is 0.105. The van der Waals surface area contributed by atoms with Crippen molar-refractivity contribution in [3.8, 4) is 0 Å². The number of nitro groups is 1. The van der Waals surface area contributed by atoms with Crippen molar-refractivity contribution in [2.75, 3.05) is 36.5 Å². The van der Waals surface area contributed by atoms with Gasteiger partial charge in [0.15, 0.2) is 0 Å². The molecule has 1 aliphatic heterocycles. The van der Waals surface area contributed by atoms with Gasteiger partial charge in [0.05, 0.1) is 29.4 Å². The third-order valence-corrected chi connectivity index (χ3v) is 4.18. The van der Waals surface area contributed by atoms with Crippen molar-refractivity contribution in [3.05, 3.63) is 63.7 Å². The highest BCUT2D eigenvalue weighted by Gasteiger charge is 2.22. The molecule has 0 saturated carbocycles. The standard InChI is InChI=1S/C18H19N3O4/c1-13-4-2-3-5-16(13)19-18(22)15-12-14(21(23)24)6-7-17(15)20-8-10-25-11-9-20/h2-7,12H,8-11H2,1H3,(H,19,22). The number of amides is 1. The van der Waals surface area contributed by atoms with Gasteiger partial charge in [-0.1, -0.05) is 18.2 Å². The fourth-order valence-electron chi connectivity index (χ4n) is 2.80. The molecule has 0 spiro atoms. The molecule has 1 amide bonds. The van der Waals surface area contributed by atoms with E-state index in [4.69, 9.17) is 4.74 Å². The van der Waals surface area contributed by atoms with Gasteiger partial charge in [-0.05, 0) is 24.6 Å². The number of hydrogen-bond acceptors (Lipinski definition) is 5. The summed E-state index contributed by atoms with van der Waals surface area (Å²) in [5, 5.41) is 14.0. The summed E-state index contributed by atoms with van der Waals surface area (Å²) >= 11 is 0. The molecule has 7 nitrogen and oxygen atoms in total. The molecule has 0 atom stereocenters. The molecule has 0 unspecified atom stereocenters. The molecule has 1 aliphatic rings. The van der Waals surface area contributed by atoms with Crippen molar-refractivity contribution in [1.29, 1.82) is 0 Å². The summed E-state index contributed by atoms with van der Waals surface area (Å²) in [5.74, 6) is -0.362. The maximum Gasteiger partial charge on any atom is 0.270 e. The average Bonchev–Trinajstić information content (AvgIpc) is 2.63. The molecule has 0 aromatic heterocycles. The highest BCUT2D eigenvalue weighted by atomic mass is 16.6. The van der Waals surface area contributed by atoms with Crippen LogP contribution in [0.25, 0.3) is 0 Å². The van der Waals surface area contributed by atoms with E-state index in [0.29, 0.717) is 43.2 Å². The number of aryl methyl sites for hydroxylation is 1. The van der Waals surface area contributed by atoms with Gasteiger partial charge >= 0.3 is 0 Å². The molecule has 1 saturated heterocycles. The fraction of sp³-hybridized carbons (Fsp3) is 0.278. The zero-order valence-electron chi connectivity index (χ0n) is 13.9. The van der Waals surface area contributed by atoms with Gasteiger partial charge < -0.3 is 15.0 Å². The normalized spacial score (nSPS) is 14.2. The lowest BCUT2D eigenvalue weighted by Crippen LogP contribution is -2.37. The number of benzene rings is 2. The van der Waals surface area contributed by atoms with Crippen LogP contribution in [0, 0.1) is 17.0 Å². The number of para-hydroxylation sites is 1. The van der Waals surface area contributed by atoms with Crippen molar-refractivity contribution in [1.82, 2.24) is 0 Å². The molecule has 2 aromatic carbocycles. The Bertz CT molecular complexity index is 801. The minimum atomic E-state index is -0.492. The molecular formula is C18H19N3O4. The van der Waals surface area contributed by atoms with Gasteiger partial charge in [0, 0.05) is 30.9 Å². The SMILES string of the molecule is Cc1ccccc1NC(=O)c1cc([N+](=O)[O-])ccc1N1CCOCC1. The molecular weight excluding hydrogens is 322 g/mol. The van der Waals surface area contributed by atoms with Crippen LogP contribution >= 0.6 is 0 Å². The molecule has 1 fully saturated rings. The van der Waals surface area contributed by atoms with Crippen LogP contribution in [0.3, 0.4) is 0 Å². The fourth-order valence-corrected chi connectivity index (χ4v) is 2.80. The molecule has 130 valence electrons. The number of non-ortho nitro benzene ring substituents is 1. The number of ether oxygens (including phenoxy) is 1. The number of rotatable bonds is 4. The predicted molar refractivity (Wildman–Crippen MR) is 95.3 cm³/mol. The molecule has 1 N–H and O–H groups in total. The van der Waals surface area contributed by atoms with Crippen molar-refractivity contribution >= 4 is 23.0 Å². The van der Waals surface area contributed by atoms with Crippen LogP contribution in [0.2, 0.25) is 0 Å². The Morgan fingerprint density at radius 1 is 1.20 bits per heavy atom. The molecule has 1 heterocycles. The smallest absolute Gasteiger partial charge is 0.270 e. The van der Waals surface area contributed by atoms with Crippen LogP contribution in [0.5, 0.6) is 0 Å². The first kappa shape index (κ1) is 16.9. The summed E-state index contributed by atoms with van der Waals surface area (Å²) in [5.41, 5.74) is 2.48. The second-order valence-corrected chi connectivity index (χ2v) is 5.83.